The van der Waals surface area contributed by atoms with Gasteiger partial charge in [0, 0.05) is 18.2 Å². The van der Waals surface area contributed by atoms with Crippen LogP contribution in [0.2, 0.25) is 0 Å². The molecule has 0 aliphatic rings. The molecule has 0 aliphatic heterocycles. The van der Waals surface area contributed by atoms with Crippen LogP contribution in [-0.4, -0.2) is 38.9 Å². The van der Waals surface area contributed by atoms with Crippen molar-refractivity contribution in [1.29, 1.82) is 0 Å². The molecule has 3 N–H and O–H groups in total. The predicted octanol–water partition coefficient (Wildman–Crippen LogP) is 4.65. The minimum absolute atomic E-state index is 0.0369. The Morgan fingerprint density at radius 1 is 1.06 bits per heavy atom. The lowest BCUT2D eigenvalue weighted by atomic mass is 9.96. The fraction of sp³-hybridized carbons (Fsp3) is 0.481. The molecule has 0 saturated heterocycles. The van der Waals surface area contributed by atoms with Crippen LogP contribution in [-0.2, 0) is 26.0 Å². The molecule has 36 heavy (non-hydrogen) atoms. The van der Waals surface area contributed by atoms with E-state index in [-0.39, 0.29) is 17.9 Å². The van der Waals surface area contributed by atoms with Crippen molar-refractivity contribution in [3.05, 3.63) is 64.7 Å². The molecule has 0 bridgehead atoms. The minimum Gasteiger partial charge on any atom is -0.465 e. The van der Waals surface area contributed by atoms with Gasteiger partial charge < -0.3 is 15.4 Å². The van der Waals surface area contributed by atoms with E-state index >= 15 is 0 Å². The molecule has 2 aromatic carbocycles. The van der Waals surface area contributed by atoms with Gasteiger partial charge in [-0.1, -0.05) is 30.3 Å². The Hall–Kier alpha value is -2.65. The van der Waals surface area contributed by atoms with Gasteiger partial charge in [0.05, 0.1) is 24.3 Å². The summed E-state index contributed by atoms with van der Waals surface area (Å²) >= 11 is 5.52. The highest BCUT2D eigenvalue weighted by molar-refractivity contribution is 7.92. The molecule has 0 amide bonds. The van der Waals surface area contributed by atoms with E-state index in [2.05, 4.69) is 47.4 Å². The van der Waals surface area contributed by atoms with Gasteiger partial charge in [-0.05, 0) is 94.6 Å². The van der Waals surface area contributed by atoms with Crippen molar-refractivity contribution in [3.8, 4) is 0 Å². The van der Waals surface area contributed by atoms with Crippen LogP contribution in [0.3, 0.4) is 0 Å². The van der Waals surface area contributed by atoms with Gasteiger partial charge in [-0.15, -0.1) is 0 Å². The molecule has 0 radical (unpaired) electrons. The molecule has 0 heterocycles. The fourth-order valence-electron chi connectivity index (χ4n) is 3.49. The molecule has 0 saturated carbocycles. The topological polar surface area (TPSA) is 96.5 Å². The summed E-state index contributed by atoms with van der Waals surface area (Å²) in [6, 6.07) is 13.4. The van der Waals surface area contributed by atoms with Gasteiger partial charge in [-0.25, -0.2) is 8.42 Å². The third-order valence-electron chi connectivity index (χ3n) is 5.77. The van der Waals surface area contributed by atoms with Crippen molar-refractivity contribution < 1.29 is 17.9 Å². The maximum Gasteiger partial charge on any atom is 0.311 e. The third-order valence-corrected chi connectivity index (χ3v) is 6.64. The molecule has 198 valence electrons. The Balaban J connectivity index is 1.99. The number of benzene rings is 2. The van der Waals surface area contributed by atoms with Crippen LogP contribution in [0.25, 0.3) is 0 Å². The van der Waals surface area contributed by atoms with Crippen LogP contribution in [0.5, 0.6) is 0 Å². The number of hydrogen-bond donors (Lipinski definition) is 3. The molecule has 0 aromatic heterocycles. The Kier molecular flexibility index (Phi) is 10.3. The zero-order valence-corrected chi connectivity index (χ0v) is 23.9. The van der Waals surface area contributed by atoms with Crippen LogP contribution in [0, 0.1) is 25.2 Å². The molecule has 2 atom stereocenters. The average molecular weight is 534 g/mol. The van der Waals surface area contributed by atoms with Crippen molar-refractivity contribution in [3.63, 3.8) is 0 Å². The first kappa shape index (κ1) is 29.6. The number of thiocarbonyl (C=S) groups is 1. The van der Waals surface area contributed by atoms with E-state index in [9.17, 15) is 13.2 Å². The highest BCUT2D eigenvalue weighted by atomic mass is 32.2. The average Bonchev–Trinajstić information content (AvgIpc) is 2.76. The summed E-state index contributed by atoms with van der Waals surface area (Å²) in [4.78, 5) is 12.3. The Morgan fingerprint density at radius 3 is 2.25 bits per heavy atom. The summed E-state index contributed by atoms with van der Waals surface area (Å²) < 4.78 is 30.9. The van der Waals surface area contributed by atoms with Crippen molar-refractivity contribution in [2.45, 2.75) is 54.0 Å². The number of hydrogen-bond acceptors (Lipinski definition) is 5. The molecular formula is C27H39N3O4S2. The second-order valence-electron chi connectivity index (χ2n) is 10.4. The molecular weight excluding hydrogens is 494 g/mol. The van der Waals surface area contributed by atoms with E-state index in [1.807, 2.05) is 39.8 Å². The number of ether oxygens (including phenoxy) is 1. The van der Waals surface area contributed by atoms with Crippen molar-refractivity contribution in [1.82, 2.24) is 10.6 Å². The quantitative estimate of drug-likeness (QED) is 0.302. The smallest absolute Gasteiger partial charge is 0.311 e. The van der Waals surface area contributed by atoms with Gasteiger partial charge in [0.15, 0.2) is 5.11 Å². The summed E-state index contributed by atoms with van der Waals surface area (Å²) in [7, 11) is -3.32. The van der Waals surface area contributed by atoms with Crippen LogP contribution >= 0.6 is 12.2 Å². The van der Waals surface area contributed by atoms with E-state index in [4.69, 9.17) is 17.0 Å². The highest BCUT2D eigenvalue weighted by Gasteiger charge is 2.24. The summed E-state index contributed by atoms with van der Waals surface area (Å²) in [6.45, 7) is 12.5. The van der Waals surface area contributed by atoms with Crippen molar-refractivity contribution in [2.75, 3.05) is 24.1 Å². The lowest BCUT2D eigenvalue weighted by Crippen LogP contribution is -2.41. The maximum atomic E-state index is 12.3. The molecule has 7 nitrogen and oxygen atoms in total. The summed E-state index contributed by atoms with van der Waals surface area (Å²) in [5.74, 6) is -0.189. The largest absolute Gasteiger partial charge is 0.465 e. The standard InChI is InChI=1S/C27H39N3O4S2/c1-18-8-9-21(14-19(18)2)15-22(17-34-25(31)27(4,5)6)16-28-26(35)29-20(3)23-10-12-24(13-11-23)30-36(7,32)33/h8-14,20,22,30H,15-17H2,1-7H3,(H2,28,29,35)/t20-,22-/m1/s1. The monoisotopic (exact) mass is 533 g/mol. The van der Waals surface area contributed by atoms with Gasteiger partial charge in [0.1, 0.15) is 0 Å². The first-order valence-corrected chi connectivity index (χ1v) is 14.3. The number of carbonyl (C=O) groups is 1. The van der Waals surface area contributed by atoms with E-state index in [1.165, 1.54) is 16.7 Å². The Bertz CT molecular complexity index is 1160. The maximum absolute atomic E-state index is 12.3. The predicted molar refractivity (Wildman–Crippen MR) is 151 cm³/mol. The Morgan fingerprint density at radius 2 is 1.69 bits per heavy atom. The molecule has 0 spiro atoms. The fourth-order valence-corrected chi connectivity index (χ4v) is 4.31. The van der Waals surface area contributed by atoms with Gasteiger partial charge in [0.2, 0.25) is 10.0 Å². The summed E-state index contributed by atoms with van der Waals surface area (Å²) in [6.07, 6.45) is 1.87. The van der Waals surface area contributed by atoms with Crippen LogP contribution in [0.1, 0.15) is 56.0 Å². The first-order valence-electron chi connectivity index (χ1n) is 12.0. The first-order chi connectivity index (χ1) is 16.6. The number of carbonyl (C=O) groups excluding carboxylic acids is 1. The van der Waals surface area contributed by atoms with E-state index in [1.54, 1.807) is 12.1 Å². The van der Waals surface area contributed by atoms with Crippen LogP contribution < -0.4 is 15.4 Å². The number of nitrogens with one attached hydrogen (secondary N) is 3. The molecule has 0 unspecified atom stereocenters. The Labute approximate surface area is 221 Å². The van der Waals surface area contributed by atoms with E-state index in [0.717, 1.165) is 18.2 Å². The lowest BCUT2D eigenvalue weighted by Gasteiger charge is -2.23. The normalized spacial score (nSPS) is 13.4. The zero-order valence-electron chi connectivity index (χ0n) is 22.3. The van der Waals surface area contributed by atoms with Crippen molar-refractivity contribution >= 4 is 39.0 Å². The molecule has 2 aromatic rings. The van der Waals surface area contributed by atoms with E-state index < -0.39 is 15.4 Å². The van der Waals surface area contributed by atoms with E-state index in [0.29, 0.717) is 24.0 Å². The second kappa shape index (κ2) is 12.5. The number of sulfonamides is 1. The summed E-state index contributed by atoms with van der Waals surface area (Å²) in [5.41, 5.74) is 4.57. The van der Waals surface area contributed by atoms with Gasteiger partial charge in [0.25, 0.3) is 0 Å². The summed E-state index contributed by atoms with van der Waals surface area (Å²) in [5, 5.41) is 7.03. The highest BCUT2D eigenvalue weighted by Crippen LogP contribution is 2.19. The van der Waals surface area contributed by atoms with Gasteiger partial charge in [-0.2, -0.15) is 0 Å². The van der Waals surface area contributed by atoms with Crippen LogP contribution in [0.15, 0.2) is 42.5 Å². The zero-order chi connectivity index (χ0) is 27.1. The molecule has 2 rings (SSSR count). The number of esters is 1. The van der Waals surface area contributed by atoms with Crippen molar-refractivity contribution in [2.24, 2.45) is 11.3 Å². The number of aryl methyl sites for hydroxylation is 2. The number of rotatable bonds is 10. The molecule has 0 fully saturated rings. The molecule has 0 aliphatic carbocycles. The third kappa shape index (κ3) is 10.1. The second-order valence-corrected chi connectivity index (χ2v) is 12.6. The van der Waals surface area contributed by atoms with Gasteiger partial charge >= 0.3 is 5.97 Å². The lowest BCUT2D eigenvalue weighted by molar-refractivity contribution is -0.154. The molecule has 9 heteroatoms. The minimum atomic E-state index is -3.32. The SMILES string of the molecule is Cc1ccc(C[C@H](CNC(=S)N[C@H](C)c2ccc(NS(C)(=O)=O)cc2)COC(=O)C(C)(C)C)cc1C. The number of anilines is 1. The van der Waals surface area contributed by atoms with Gasteiger partial charge in [-0.3, -0.25) is 9.52 Å². The van der Waals surface area contributed by atoms with Crippen LogP contribution in [0.4, 0.5) is 5.69 Å².